The molecule has 0 radical (unpaired) electrons. The van der Waals surface area contributed by atoms with Crippen molar-refractivity contribution in [1.29, 1.82) is 0 Å². The highest BCUT2D eigenvalue weighted by atomic mass is 19.4. The normalized spacial score (nSPS) is 24.9. The van der Waals surface area contributed by atoms with Crippen molar-refractivity contribution in [3.8, 4) is 5.75 Å². The first kappa shape index (κ1) is 25.0. The van der Waals surface area contributed by atoms with E-state index in [9.17, 15) is 35.5 Å². The van der Waals surface area contributed by atoms with Crippen LogP contribution in [0.1, 0.15) is 49.2 Å². The van der Waals surface area contributed by atoms with Crippen LogP contribution >= 0.6 is 0 Å². The van der Waals surface area contributed by atoms with E-state index in [1.807, 2.05) is 0 Å². The molecule has 5 nitrogen and oxygen atoms in total. The summed E-state index contributed by atoms with van der Waals surface area (Å²) in [5, 5.41) is -0.144. The molecule has 1 fully saturated rings. The molecule has 1 aromatic heterocycles. The Morgan fingerprint density at radius 2 is 1.86 bits per heavy atom. The maximum absolute atomic E-state index is 14.2. The van der Waals surface area contributed by atoms with Gasteiger partial charge in [-0.15, -0.1) is 0 Å². The SMILES string of the molecule is COc1c([C@H]2[C@H](c3nc4ccc(F)cc4c(=O)[nH]3)O[C@@](C)(C(F)(F)F)[C@H]2C)ccc(F)c1C(F)F. The minimum absolute atomic E-state index is 0.0138. The van der Waals surface area contributed by atoms with E-state index >= 15 is 0 Å². The molecule has 12 heteroatoms. The minimum Gasteiger partial charge on any atom is -0.496 e. The van der Waals surface area contributed by atoms with E-state index < -0.39 is 64.6 Å². The molecular formula is C23H19F7N2O3. The van der Waals surface area contributed by atoms with Gasteiger partial charge in [-0.1, -0.05) is 13.0 Å². The molecule has 0 unspecified atom stereocenters. The molecule has 188 valence electrons. The zero-order valence-corrected chi connectivity index (χ0v) is 18.5. The third-order valence-electron chi connectivity index (χ3n) is 6.58. The molecule has 0 aliphatic carbocycles. The van der Waals surface area contributed by atoms with Crippen molar-refractivity contribution in [3.63, 3.8) is 0 Å². The largest absolute Gasteiger partial charge is 0.496 e. The standard InChI is InChI=1S/C23H19F7N2O3/c1-9-15(11-5-6-13(25)16(19(26)27)17(11)34-3)18(35-22(9,2)23(28,29)30)20-31-14-7-4-10(24)8-12(14)21(33)32-20/h4-9,15,18-19H,1-3H3,(H,31,32,33)/t9-,15-,18+,22+/m0/s1. The maximum Gasteiger partial charge on any atom is 0.417 e. The van der Waals surface area contributed by atoms with Crippen molar-refractivity contribution < 1.29 is 40.2 Å². The Morgan fingerprint density at radius 1 is 1.17 bits per heavy atom. The van der Waals surface area contributed by atoms with Crippen molar-refractivity contribution in [2.45, 2.75) is 44.1 Å². The Balaban J connectivity index is 1.98. The number of alkyl halides is 5. The van der Waals surface area contributed by atoms with Crippen LogP contribution in [0.4, 0.5) is 30.7 Å². The van der Waals surface area contributed by atoms with Gasteiger partial charge in [0.15, 0.2) is 5.60 Å². The third-order valence-corrected chi connectivity index (χ3v) is 6.58. The highest BCUT2D eigenvalue weighted by Gasteiger charge is 2.65. The molecule has 4 rings (SSSR count). The number of aromatic nitrogens is 2. The van der Waals surface area contributed by atoms with Crippen LogP contribution in [0.5, 0.6) is 5.75 Å². The van der Waals surface area contributed by atoms with Crippen LogP contribution in [0, 0.1) is 17.6 Å². The zero-order chi connectivity index (χ0) is 25.9. The van der Waals surface area contributed by atoms with Gasteiger partial charge in [0.25, 0.3) is 12.0 Å². The van der Waals surface area contributed by atoms with Gasteiger partial charge in [0.05, 0.1) is 23.6 Å². The number of rotatable bonds is 4. The topological polar surface area (TPSA) is 64.2 Å². The van der Waals surface area contributed by atoms with E-state index in [0.29, 0.717) is 6.07 Å². The van der Waals surface area contributed by atoms with E-state index in [0.717, 1.165) is 32.2 Å². The summed E-state index contributed by atoms with van der Waals surface area (Å²) in [5.74, 6) is -5.71. The van der Waals surface area contributed by atoms with Gasteiger partial charge in [0, 0.05) is 17.4 Å². The van der Waals surface area contributed by atoms with Crippen LogP contribution in [-0.4, -0.2) is 28.9 Å². The predicted octanol–water partition coefficient (Wildman–Crippen LogP) is 5.96. The van der Waals surface area contributed by atoms with Crippen molar-refractivity contribution in [3.05, 3.63) is 69.3 Å². The number of aromatic amines is 1. The number of ether oxygens (including phenoxy) is 2. The first-order valence-corrected chi connectivity index (χ1v) is 10.4. The van der Waals surface area contributed by atoms with Crippen LogP contribution in [0.15, 0.2) is 35.1 Å². The Kier molecular flexibility index (Phi) is 6.06. The lowest BCUT2D eigenvalue weighted by Gasteiger charge is -2.32. The fourth-order valence-corrected chi connectivity index (χ4v) is 4.58. The lowest BCUT2D eigenvalue weighted by molar-refractivity contribution is -0.275. The van der Waals surface area contributed by atoms with Crippen LogP contribution in [-0.2, 0) is 4.74 Å². The quantitative estimate of drug-likeness (QED) is 0.446. The summed E-state index contributed by atoms with van der Waals surface area (Å²) in [6.07, 6.45) is -9.81. The Hall–Kier alpha value is -3.15. The smallest absolute Gasteiger partial charge is 0.417 e. The van der Waals surface area contributed by atoms with Gasteiger partial charge >= 0.3 is 6.18 Å². The van der Waals surface area contributed by atoms with Crippen molar-refractivity contribution in [2.75, 3.05) is 7.11 Å². The molecule has 0 amide bonds. The third kappa shape index (κ3) is 3.93. The molecule has 0 bridgehead atoms. The highest BCUT2D eigenvalue weighted by Crippen LogP contribution is 2.59. The second-order valence-electron chi connectivity index (χ2n) is 8.45. The summed E-state index contributed by atoms with van der Waals surface area (Å²) >= 11 is 0. The predicted molar refractivity (Wildman–Crippen MR) is 110 cm³/mol. The first-order valence-electron chi connectivity index (χ1n) is 10.4. The fourth-order valence-electron chi connectivity index (χ4n) is 4.58. The van der Waals surface area contributed by atoms with Gasteiger partial charge in [-0.25, -0.2) is 22.5 Å². The molecule has 0 saturated carbocycles. The van der Waals surface area contributed by atoms with Gasteiger partial charge in [0.1, 0.15) is 29.3 Å². The average Bonchev–Trinajstić information content (AvgIpc) is 3.05. The minimum atomic E-state index is -4.90. The van der Waals surface area contributed by atoms with E-state index in [1.165, 1.54) is 13.0 Å². The molecule has 1 N–H and O–H groups in total. The highest BCUT2D eigenvalue weighted by molar-refractivity contribution is 5.77. The van der Waals surface area contributed by atoms with E-state index in [2.05, 4.69) is 9.97 Å². The monoisotopic (exact) mass is 504 g/mol. The second-order valence-corrected chi connectivity index (χ2v) is 8.45. The summed E-state index contributed by atoms with van der Waals surface area (Å²) in [4.78, 5) is 19.1. The van der Waals surface area contributed by atoms with Gasteiger partial charge in [-0.3, -0.25) is 4.79 Å². The van der Waals surface area contributed by atoms with Gasteiger partial charge in [-0.05, 0) is 31.2 Å². The number of nitrogens with one attached hydrogen (secondary N) is 1. The zero-order valence-electron chi connectivity index (χ0n) is 18.5. The van der Waals surface area contributed by atoms with Gasteiger partial charge in [-0.2, -0.15) is 13.2 Å². The molecule has 1 aliphatic rings. The average molecular weight is 504 g/mol. The van der Waals surface area contributed by atoms with E-state index in [4.69, 9.17) is 9.47 Å². The van der Waals surface area contributed by atoms with Crippen molar-refractivity contribution in [2.24, 2.45) is 5.92 Å². The molecule has 1 aliphatic heterocycles. The summed E-state index contributed by atoms with van der Waals surface area (Å²) in [5.41, 5.74) is -4.91. The van der Waals surface area contributed by atoms with E-state index in [-0.39, 0.29) is 22.3 Å². The summed E-state index contributed by atoms with van der Waals surface area (Å²) in [6.45, 7) is 2.00. The molecule has 4 atom stereocenters. The van der Waals surface area contributed by atoms with Crippen LogP contribution in [0.2, 0.25) is 0 Å². The van der Waals surface area contributed by atoms with Crippen LogP contribution in [0.25, 0.3) is 10.9 Å². The molecule has 2 heterocycles. The van der Waals surface area contributed by atoms with Gasteiger partial charge in [0.2, 0.25) is 0 Å². The lowest BCUT2D eigenvalue weighted by atomic mass is 9.76. The number of fused-ring (bicyclic) bond motifs is 1. The summed E-state index contributed by atoms with van der Waals surface area (Å²) in [6, 6.07) is 4.87. The first-order chi connectivity index (χ1) is 16.3. The van der Waals surface area contributed by atoms with Gasteiger partial charge < -0.3 is 14.5 Å². The molecule has 1 saturated heterocycles. The molecule has 35 heavy (non-hydrogen) atoms. The number of halogens is 7. The number of nitrogens with zero attached hydrogens (tertiary/aromatic N) is 1. The molecular weight excluding hydrogens is 485 g/mol. The number of methoxy groups -OCH3 is 1. The Labute approximate surface area is 193 Å². The van der Waals surface area contributed by atoms with Crippen molar-refractivity contribution in [1.82, 2.24) is 9.97 Å². The van der Waals surface area contributed by atoms with Crippen LogP contribution in [0.3, 0.4) is 0 Å². The maximum atomic E-state index is 14.2. The number of H-pyrrole nitrogens is 1. The Bertz CT molecular complexity index is 1340. The number of hydrogen-bond acceptors (Lipinski definition) is 4. The Morgan fingerprint density at radius 3 is 2.46 bits per heavy atom. The number of hydrogen-bond donors (Lipinski definition) is 1. The molecule has 2 aromatic carbocycles. The number of benzene rings is 2. The van der Waals surface area contributed by atoms with Crippen LogP contribution < -0.4 is 10.3 Å². The molecule has 0 spiro atoms. The molecule has 3 aromatic rings. The second kappa shape index (κ2) is 8.51. The van der Waals surface area contributed by atoms with Crippen molar-refractivity contribution >= 4 is 10.9 Å². The lowest BCUT2D eigenvalue weighted by Crippen LogP contribution is -2.46. The fraction of sp³-hybridized carbons (Fsp3) is 0.391. The van der Waals surface area contributed by atoms with E-state index in [1.54, 1.807) is 0 Å². The summed E-state index contributed by atoms with van der Waals surface area (Å²) in [7, 11) is 0.993. The summed E-state index contributed by atoms with van der Waals surface area (Å²) < 4.78 is 108.